The number of aromatic nitrogens is 1. The van der Waals surface area contributed by atoms with Gasteiger partial charge in [-0.25, -0.2) is 4.79 Å². The molecule has 6 rings (SSSR count). The number of aliphatic carboxylic acids is 1. The van der Waals surface area contributed by atoms with E-state index in [9.17, 15) is 34.2 Å². The zero-order chi connectivity index (χ0) is 32.9. The first-order chi connectivity index (χ1) is 21.9. The molecule has 0 saturated heterocycles. The molecule has 7 unspecified atom stereocenters. The lowest BCUT2D eigenvalue weighted by Gasteiger charge is -2.58. The van der Waals surface area contributed by atoms with Gasteiger partial charge in [0, 0.05) is 41.8 Å². The predicted molar refractivity (Wildman–Crippen MR) is 168 cm³/mol. The smallest absolute Gasteiger partial charge is 0.326 e. The molecule has 4 aliphatic carbocycles. The number of aliphatic hydroxyl groups is 1. The van der Waals surface area contributed by atoms with E-state index in [2.05, 4.69) is 17.2 Å². The molecule has 3 fully saturated rings. The molecule has 0 spiro atoms. The minimum atomic E-state index is -1.60. The third kappa shape index (κ3) is 5.48. The van der Waals surface area contributed by atoms with Gasteiger partial charge in [0.2, 0.25) is 11.7 Å². The van der Waals surface area contributed by atoms with Crippen molar-refractivity contribution < 1.29 is 38.9 Å². The molecular formula is C36H44N2O8. The number of para-hydroxylation sites is 1. The second-order valence-corrected chi connectivity index (χ2v) is 14.4. The number of fused-ring (bicyclic) bond motifs is 6. The van der Waals surface area contributed by atoms with Crippen LogP contribution >= 0.6 is 0 Å². The highest BCUT2D eigenvalue weighted by molar-refractivity contribution is 5.92. The number of esters is 1. The molecule has 4 N–H and O–H groups in total. The summed E-state index contributed by atoms with van der Waals surface area (Å²) < 4.78 is 5.26. The third-order valence-electron chi connectivity index (χ3n) is 12.2. The molecule has 4 aliphatic rings. The van der Waals surface area contributed by atoms with Crippen LogP contribution in [0.15, 0.2) is 42.1 Å². The van der Waals surface area contributed by atoms with Crippen molar-refractivity contribution in [2.24, 2.45) is 28.6 Å². The maximum Gasteiger partial charge on any atom is 0.326 e. The second-order valence-electron chi connectivity index (χ2n) is 14.4. The molecule has 246 valence electrons. The van der Waals surface area contributed by atoms with Crippen LogP contribution < -0.4 is 5.32 Å². The van der Waals surface area contributed by atoms with Crippen molar-refractivity contribution in [1.82, 2.24) is 10.3 Å². The molecule has 2 aromatic rings. The summed E-state index contributed by atoms with van der Waals surface area (Å²) >= 11 is 0. The molecule has 10 heteroatoms. The number of allylic oxidation sites excluding steroid dienone is 1. The lowest BCUT2D eigenvalue weighted by Crippen LogP contribution is -2.58. The van der Waals surface area contributed by atoms with Gasteiger partial charge in [0.05, 0.1) is 6.42 Å². The maximum atomic E-state index is 13.5. The predicted octanol–water partition coefficient (Wildman–Crippen LogP) is 4.44. The van der Waals surface area contributed by atoms with Gasteiger partial charge in [-0.15, -0.1) is 0 Å². The zero-order valence-corrected chi connectivity index (χ0v) is 26.6. The Kier molecular flexibility index (Phi) is 8.46. The Bertz CT molecular complexity index is 1610. The molecule has 1 heterocycles. The summed E-state index contributed by atoms with van der Waals surface area (Å²) in [5, 5.41) is 24.9. The Morgan fingerprint density at radius 1 is 1.02 bits per heavy atom. The van der Waals surface area contributed by atoms with E-state index >= 15 is 0 Å². The van der Waals surface area contributed by atoms with E-state index < -0.39 is 47.3 Å². The van der Waals surface area contributed by atoms with E-state index in [4.69, 9.17) is 4.74 Å². The number of benzene rings is 1. The number of rotatable bonds is 10. The van der Waals surface area contributed by atoms with E-state index in [1.54, 1.807) is 6.20 Å². The van der Waals surface area contributed by atoms with E-state index in [0.717, 1.165) is 48.6 Å². The van der Waals surface area contributed by atoms with Crippen molar-refractivity contribution >= 4 is 40.3 Å². The average molecular weight is 633 g/mol. The monoisotopic (exact) mass is 632 g/mol. The summed E-state index contributed by atoms with van der Waals surface area (Å²) in [7, 11) is 0. The Morgan fingerprint density at radius 3 is 2.57 bits per heavy atom. The fourth-order valence-corrected chi connectivity index (χ4v) is 9.57. The van der Waals surface area contributed by atoms with Crippen molar-refractivity contribution in [3.05, 3.63) is 47.7 Å². The third-order valence-corrected chi connectivity index (χ3v) is 12.2. The number of carbonyl (C=O) groups is 5. The average Bonchev–Trinajstić information content (AvgIpc) is 3.56. The molecule has 0 aliphatic heterocycles. The number of Topliss-reactive ketones (excluding diaryl/α,β-unsaturated/α-hetero) is 1. The van der Waals surface area contributed by atoms with Crippen LogP contribution in [0, 0.1) is 28.6 Å². The van der Waals surface area contributed by atoms with Gasteiger partial charge in [-0.3, -0.25) is 19.2 Å². The van der Waals surface area contributed by atoms with Gasteiger partial charge >= 0.3 is 11.9 Å². The van der Waals surface area contributed by atoms with Crippen molar-refractivity contribution in [2.75, 3.05) is 6.61 Å². The minimum Gasteiger partial charge on any atom is -0.480 e. The van der Waals surface area contributed by atoms with Crippen molar-refractivity contribution in [3.63, 3.8) is 0 Å². The number of nitrogens with one attached hydrogen (secondary N) is 2. The topological polar surface area (TPSA) is 163 Å². The van der Waals surface area contributed by atoms with E-state index in [1.165, 1.54) is 5.57 Å². The highest BCUT2D eigenvalue weighted by Gasteiger charge is 2.66. The van der Waals surface area contributed by atoms with Gasteiger partial charge in [0.1, 0.15) is 11.6 Å². The van der Waals surface area contributed by atoms with Crippen LogP contribution in [0.4, 0.5) is 0 Å². The van der Waals surface area contributed by atoms with Gasteiger partial charge in [-0.2, -0.15) is 0 Å². The highest BCUT2D eigenvalue weighted by Crippen LogP contribution is 2.67. The normalized spacial score (nSPS) is 32.5. The molecule has 0 radical (unpaired) electrons. The Labute approximate surface area is 268 Å². The molecule has 10 nitrogen and oxygen atoms in total. The number of carbonyl (C=O) groups excluding carboxylic acids is 4. The molecule has 1 amide bonds. The first kappa shape index (κ1) is 32.2. The first-order valence-electron chi connectivity index (χ1n) is 16.6. The molecular weight excluding hydrogens is 588 g/mol. The van der Waals surface area contributed by atoms with Crippen LogP contribution in [0.25, 0.3) is 10.9 Å². The number of ketones is 2. The summed E-state index contributed by atoms with van der Waals surface area (Å²) in [4.78, 5) is 65.7. The van der Waals surface area contributed by atoms with E-state index in [1.807, 2.05) is 37.3 Å². The largest absolute Gasteiger partial charge is 0.480 e. The Balaban J connectivity index is 1.01. The van der Waals surface area contributed by atoms with Crippen LogP contribution in [0.3, 0.4) is 0 Å². The summed E-state index contributed by atoms with van der Waals surface area (Å²) in [6, 6.07) is 6.29. The molecule has 1 aromatic heterocycles. The van der Waals surface area contributed by atoms with Gasteiger partial charge in [-0.05, 0) is 85.8 Å². The van der Waals surface area contributed by atoms with Gasteiger partial charge in [0.25, 0.3) is 0 Å². The van der Waals surface area contributed by atoms with Crippen LogP contribution in [0.1, 0.15) is 83.6 Å². The molecule has 46 heavy (non-hydrogen) atoms. The van der Waals surface area contributed by atoms with Crippen LogP contribution in [-0.4, -0.2) is 62.9 Å². The van der Waals surface area contributed by atoms with Crippen LogP contribution in [0.2, 0.25) is 0 Å². The quantitative estimate of drug-likeness (QED) is 0.280. The number of carboxylic acid groups (broad SMARTS) is 1. The van der Waals surface area contributed by atoms with Crippen LogP contribution in [0.5, 0.6) is 0 Å². The Hall–Kier alpha value is -3.79. The summed E-state index contributed by atoms with van der Waals surface area (Å²) in [5.74, 6) is -1.90. The number of hydrogen-bond acceptors (Lipinski definition) is 7. The standard InChI is InChI=1S/C36H44N2O8/c1-34-14-11-23(39)18-22(34)7-8-25-26(34)12-15-35(2)27(25)13-16-36(35,45)30(40)20-46-32(42)10-9-31(41)38-29(33(43)44)17-21-19-37-28-6-4-3-5-24(21)28/h3-6,18-19,25-27,29,37,45H,7-17,20H2,1-2H3,(H,38,41)(H,43,44). The van der Waals surface area contributed by atoms with Crippen molar-refractivity contribution in [2.45, 2.75) is 96.1 Å². The Morgan fingerprint density at radius 2 is 1.78 bits per heavy atom. The lowest BCUT2D eigenvalue weighted by molar-refractivity contribution is -0.170. The zero-order valence-electron chi connectivity index (χ0n) is 26.6. The first-order valence-corrected chi connectivity index (χ1v) is 16.6. The SMILES string of the molecule is CC12CCC(=O)C=C1CCC1C2CCC2(C)C1CCC2(O)C(=O)COC(=O)CCC(=O)NC(Cc1c[nH]c2ccccc12)C(=O)O. The molecule has 1 aromatic carbocycles. The highest BCUT2D eigenvalue weighted by atomic mass is 16.5. The lowest BCUT2D eigenvalue weighted by atomic mass is 9.46. The number of aromatic amines is 1. The number of amides is 1. The van der Waals surface area contributed by atoms with Crippen molar-refractivity contribution in [3.8, 4) is 0 Å². The van der Waals surface area contributed by atoms with Crippen LogP contribution in [-0.2, 0) is 35.1 Å². The second kappa shape index (κ2) is 12.1. The number of carboxylic acids is 1. The molecule has 3 saturated carbocycles. The van der Waals surface area contributed by atoms with Gasteiger partial charge in [-0.1, -0.05) is 37.6 Å². The summed E-state index contributed by atoms with van der Waals surface area (Å²) in [6.45, 7) is 3.74. The minimum absolute atomic E-state index is 0.00834. The summed E-state index contributed by atoms with van der Waals surface area (Å²) in [6.07, 6.45) is 8.92. The van der Waals surface area contributed by atoms with E-state index in [0.29, 0.717) is 31.1 Å². The summed E-state index contributed by atoms with van der Waals surface area (Å²) in [5.41, 5.74) is 0.646. The number of H-pyrrole nitrogens is 1. The number of ether oxygens (including phenoxy) is 1. The maximum absolute atomic E-state index is 13.5. The fourth-order valence-electron chi connectivity index (χ4n) is 9.57. The van der Waals surface area contributed by atoms with Crippen molar-refractivity contribution in [1.29, 1.82) is 0 Å². The number of hydrogen-bond donors (Lipinski definition) is 4. The fraction of sp³-hybridized carbons (Fsp3) is 0.583. The molecule has 7 atom stereocenters. The molecule has 0 bridgehead atoms. The van der Waals surface area contributed by atoms with Gasteiger partial charge < -0.3 is 25.3 Å². The van der Waals surface area contributed by atoms with E-state index in [-0.39, 0.29) is 36.4 Å². The van der Waals surface area contributed by atoms with Gasteiger partial charge in [0.15, 0.2) is 12.4 Å².